The summed E-state index contributed by atoms with van der Waals surface area (Å²) in [4.78, 5) is 14.7. The highest BCUT2D eigenvalue weighted by Gasteiger charge is 2.22. The lowest BCUT2D eigenvalue weighted by molar-refractivity contribution is -0.133. The maximum Gasteiger partial charge on any atom is 0.223 e. The lowest BCUT2D eigenvalue weighted by Gasteiger charge is -2.29. The highest BCUT2D eigenvalue weighted by molar-refractivity contribution is 5.77. The van der Waals surface area contributed by atoms with Crippen molar-refractivity contribution in [2.75, 3.05) is 6.54 Å². The molecule has 3 heteroatoms. The summed E-state index contributed by atoms with van der Waals surface area (Å²) < 4.78 is 0. The van der Waals surface area contributed by atoms with E-state index in [-0.39, 0.29) is 17.9 Å². The van der Waals surface area contributed by atoms with Crippen molar-refractivity contribution in [1.82, 2.24) is 4.90 Å². The van der Waals surface area contributed by atoms with Gasteiger partial charge in [-0.2, -0.15) is 5.26 Å². The molecule has 1 amide bonds. The molecule has 0 aliphatic carbocycles. The van der Waals surface area contributed by atoms with E-state index in [0.717, 1.165) is 5.56 Å². The molecule has 0 fully saturated rings. The zero-order valence-corrected chi connectivity index (χ0v) is 14.6. The van der Waals surface area contributed by atoms with Crippen molar-refractivity contribution in [3.63, 3.8) is 0 Å². The first-order chi connectivity index (χ1) is 11.6. The number of carbonyl (C=O) groups is 1. The highest BCUT2D eigenvalue weighted by Crippen LogP contribution is 2.25. The number of hydrogen-bond acceptors (Lipinski definition) is 2. The fourth-order valence-corrected chi connectivity index (χ4v) is 2.96. The first-order valence-corrected chi connectivity index (χ1v) is 8.41. The van der Waals surface area contributed by atoms with Gasteiger partial charge in [0, 0.05) is 13.0 Å². The Kier molecular flexibility index (Phi) is 6.14. The highest BCUT2D eigenvalue weighted by atomic mass is 16.2. The van der Waals surface area contributed by atoms with Crippen molar-refractivity contribution in [3.05, 3.63) is 71.3 Å². The molecule has 0 saturated carbocycles. The molecule has 2 aromatic carbocycles. The van der Waals surface area contributed by atoms with Crippen LogP contribution in [0.4, 0.5) is 0 Å². The van der Waals surface area contributed by atoms with Crippen LogP contribution in [-0.4, -0.2) is 17.4 Å². The second kappa shape index (κ2) is 8.31. The quantitative estimate of drug-likeness (QED) is 0.777. The first kappa shape index (κ1) is 17.7. The molecule has 2 atom stereocenters. The van der Waals surface area contributed by atoms with E-state index < -0.39 is 0 Å². The fourth-order valence-electron chi connectivity index (χ4n) is 2.96. The summed E-state index contributed by atoms with van der Waals surface area (Å²) in [6, 6.07) is 19.7. The normalized spacial score (nSPS) is 12.9. The molecule has 0 radical (unpaired) electrons. The van der Waals surface area contributed by atoms with E-state index in [1.807, 2.05) is 49.1 Å². The molecule has 0 aliphatic heterocycles. The van der Waals surface area contributed by atoms with Gasteiger partial charge in [-0.3, -0.25) is 4.79 Å². The van der Waals surface area contributed by atoms with Crippen molar-refractivity contribution < 1.29 is 4.79 Å². The Morgan fingerprint density at radius 3 is 2.21 bits per heavy atom. The van der Waals surface area contributed by atoms with Crippen molar-refractivity contribution >= 4 is 5.91 Å². The van der Waals surface area contributed by atoms with Crippen molar-refractivity contribution in [2.45, 2.75) is 39.2 Å². The SMILES string of the molecule is CCN(C(=O)CC(C)c1ccccc1)C(C)c1ccc(C#N)cc1. The third-order valence-corrected chi connectivity index (χ3v) is 4.50. The molecule has 3 nitrogen and oxygen atoms in total. The van der Waals surface area contributed by atoms with Gasteiger partial charge < -0.3 is 4.90 Å². The molecule has 0 heterocycles. The number of nitrogens with zero attached hydrogens (tertiary/aromatic N) is 2. The van der Waals surface area contributed by atoms with Gasteiger partial charge in [-0.05, 0) is 43.0 Å². The Bertz CT molecular complexity index is 701. The minimum absolute atomic E-state index is 0.00165. The van der Waals surface area contributed by atoms with E-state index in [1.54, 1.807) is 12.1 Å². The van der Waals surface area contributed by atoms with Gasteiger partial charge in [-0.25, -0.2) is 0 Å². The Hall–Kier alpha value is -2.60. The number of carbonyl (C=O) groups excluding carboxylic acids is 1. The Morgan fingerprint density at radius 1 is 1.04 bits per heavy atom. The lowest BCUT2D eigenvalue weighted by Crippen LogP contribution is -2.34. The number of hydrogen-bond donors (Lipinski definition) is 0. The van der Waals surface area contributed by atoms with Crippen LogP contribution in [0.5, 0.6) is 0 Å². The largest absolute Gasteiger partial charge is 0.336 e. The maximum absolute atomic E-state index is 12.8. The Labute approximate surface area is 144 Å². The van der Waals surface area contributed by atoms with Gasteiger partial charge >= 0.3 is 0 Å². The molecule has 0 N–H and O–H groups in total. The summed E-state index contributed by atoms with van der Waals surface area (Å²) in [5.41, 5.74) is 2.88. The topological polar surface area (TPSA) is 44.1 Å². The van der Waals surface area contributed by atoms with Crippen LogP contribution in [0, 0.1) is 11.3 Å². The molecular weight excluding hydrogens is 296 g/mol. The smallest absolute Gasteiger partial charge is 0.223 e. The number of nitriles is 1. The van der Waals surface area contributed by atoms with Gasteiger partial charge in [0.2, 0.25) is 5.91 Å². The van der Waals surface area contributed by atoms with Crippen LogP contribution in [0.2, 0.25) is 0 Å². The van der Waals surface area contributed by atoms with Crippen molar-refractivity contribution in [1.29, 1.82) is 5.26 Å². The summed E-state index contributed by atoms with van der Waals surface area (Å²) in [5.74, 6) is 0.353. The van der Waals surface area contributed by atoms with Crippen LogP contribution in [0.1, 0.15) is 55.8 Å². The molecule has 2 unspecified atom stereocenters. The molecule has 0 aromatic heterocycles. The molecule has 0 aliphatic rings. The standard InChI is InChI=1S/C21H24N2O/c1-4-23(17(3)20-12-10-18(15-22)11-13-20)21(24)14-16(2)19-8-6-5-7-9-19/h5-13,16-17H,4,14H2,1-3H3. The van der Waals surface area contributed by atoms with E-state index in [9.17, 15) is 4.79 Å². The summed E-state index contributed by atoms with van der Waals surface area (Å²) in [6.45, 7) is 6.80. The molecule has 0 saturated heterocycles. The van der Waals surface area contributed by atoms with Gasteiger partial charge in [-0.15, -0.1) is 0 Å². The van der Waals surface area contributed by atoms with E-state index >= 15 is 0 Å². The third kappa shape index (κ3) is 4.23. The molecule has 2 rings (SSSR count). The summed E-state index contributed by atoms with van der Waals surface area (Å²) in [7, 11) is 0. The van der Waals surface area contributed by atoms with Crippen LogP contribution in [0.15, 0.2) is 54.6 Å². The van der Waals surface area contributed by atoms with Gasteiger partial charge in [0.25, 0.3) is 0 Å². The average molecular weight is 320 g/mol. The minimum Gasteiger partial charge on any atom is -0.336 e. The summed E-state index contributed by atoms with van der Waals surface area (Å²) >= 11 is 0. The monoisotopic (exact) mass is 320 g/mol. The number of amides is 1. The second-order valence-electron chi connectivity index (χ2n) is 6.11. The van der Waals surface area contributed by atoms with Gasteiger partial charge in [0.15, 0.2) is 0 Å². The average Bonchev–Trinajstić information content (AvgIpc) is 2.63. The Morgan fingerprint density at radius 2 is 1.67 bits per heavy atom. The van der Waals surface area contributed by atoms with E-state index in [1.165, 1.54) is 5.56 Å². The predicted molar refractivity (Wildman–Crippen MR) is 96.4 cm³/mol. The molecular formula is C21H24N2O. The second-order valence-corrected chi connectivity index (χ2v) is 6.11. The lowest BCUT2D eigenvalue weighted by atomic mass is 9.96. The van der Waals surface area contributed by atoms with E-state index in [2.05, 4.69) is 25.1 Å². The molecule has 24 heavy (non-hydrogen) atoms. The molecule has 2 aromatic rings. The number of rotatable bonds is 6. The van der Waals surface area contributed by atoms with Crippen LogP contribution in [-0.2, 0) is 4.79 Å². The minimum atomic E-state index is -0.00165. The van der Waals surface area contributed by atoms with Crippen LogP contribution in [0.25, 0.3) is 0 Å². The molecule has 124 valence electrons. The van der Waals surface area contributed by atoms with Crippen LogP contribution >= 0.6 is 0 Å². The predicted octanol–water partition coefficient (Wildman–Crippen LogP) is 4.66. The summed E-state index contributed by atoms with van der Waals surface area (Å²) in [5, 5.41) is 8.90. The molecule has 0 bridgehead atoms. The zero-order valence-electron chi connectivity index (χ0n) is 14.6. The maximum atomic E-state index is 12.8. The summed E-state index contributed by atoms with van der Waals surface area (Å²) in [6.07, 6.45) is 0.498. The van der Waals surface area contributed by atoms with Crippen molar-refractivity contribution in [2.24, 2.45) is 0 Å². The van der Waals surface area contributed by atoms with Gasteiger partial charge in [0.1, 0.15) is 0 Å². The zero-order chi connectivity index (χ0) is 17.5. The van der Waals surface area contributed by atoms with E-state index in [4.69, 9.17) is 5.26 Å². The number of benzene rings is 2. The van der Waals surface area contributed by atoms with Gasteiger partial charge in [-0.1, -0.05) is 49.4 Å². The van der Waals surface area contributed by atoms with Gasteiger partial charge in [0.05, 0.1) is 17.7 Å². The first-order valence-electron chi connectivity index (χ1n) is 8.41. The fraction of sp³-hybridized carbons (Fsp3) is 0.333. The van der Waals surface area contributed by atoms with Crippen LogP contribution in [0.3, 0.4) is 0 Å². The third-order valence-electron chi connectivity index (χ3n) is 4.50. The Balaban J connectivity index is 2.08. The van der Waals surface area contributed by atoms with Crippen LogP contribution < -0.4 is 0 Å². The molecule has 0 spiro atoms. The van der Waals surface area contributed by atoms with Crippen molar-refractivity contribution in [3.8, 4) is 6.07 Å². The van der Waals surface area contributed by atoms with E-state index in [0.29, 0.717) is 18.5 Å².